The van der Waals surface area contributed by atoms with Gasteiger partial charge in [-0.3, -0.25) is 0 Å². The van der Waals surface area contributed by atoms with Crippen molar-refractivity contribution in [3.05, 3.63) is 11.7 Å². The minimum atomic E-state index is -1.43. The Kier molecular flexibility index (Phi) is 3.91. The molecule has 0 aliphatic heterocycles. The van der Waals surface area contributed by atoms with E-state index in [9.17, 15) is 8.78 Å². The van der Waals surface area contributed by atoms with E-state index in [1.165, 1.54) is 0 Å². The van der Waals surface area contributed by atoms with E-state index >= 15 is 0 Å². The van der Waals surface area contributed by atoms with E-state index in [1.807, 2.05) is 0 Å². The Morgan fingerprint density at radius 3 is 1.67 bits per heavy atom. The standard InChI is InChI=1S/C13H22F2/c1-9(2)13(10(3)4)7-5-11(6-8-13)12(14)15/h9-10H,5-8H2,1-4H3. The van der Waals surface area contributed by atoms with Crippen LogP contribution < -0.4 is 0 Å². The van der Waals surface area contributed by atoms with E-state index in [4.69, 9.17) is 0 Å². The molecule has 0 bridgehead atoms. The van der Waals surface area contributed by atoms with Crippen molar-refractivity contribution >= 4 is 0 Å². The average molecular weight is 216 g/mol. The van der Waals surface area contributed by atoms with Crippen LogP contribution in [0.2, 0.25) is 0 Å². The van der Waals surface area contributed by atoms with Crippen LogP contribution in [0, 0.1) is 17.3 Å². The van der Waals surface area contributed by atoms with Crippen molar-refractivity contribution < 1.29 is 8.78 Å². The van der Waals surface area contributed by atoms with E-state index in [2.05, 4.69) is 27.7 Å². The summed E-state index contributed by atoms with van der Waals surface area (Å²) in [5.74, 6) is 1.17. The van der Waals surface area contributed by atoms with Gasteiger partial charge < -0.3 is 0 Å². The number of halogens is 2. The second kappa shape index (κ2) is 4.63. The zero-order chi connectivity index (χ0) is 11.6. The molecule has 0 unspecified atom stereocenters. The minimum absolute atomic E-state index is 0.277. The molecule has 2 heteroatoms. The van der Waals surface area contributed by atoms with Gasteiger partial charge in [0.1, 0.15) is 0 Å². The Hall–Kier alpha value is -0.400. The van der Waals surface area contributed by atoms with Gasteiger partial charge in [-0.15, -0.1) is 0 Å². The summed E-state index contributed by atoms with van der Waals surface area (Å²) in [6, 6.07) is 0. The minimum Gasteiger partial charge on any atom is -0.173 e. The summed E-state index contributed by atoms with van der Waals surface area (Å²) in [5, 5.41) is 0. The molecule has 0 aromatic heterocycles. The lowest BCUT2D eigenvalue weighted by atomic mass is 9.60. The summed E-state index contributed by atoms with van der Waals surface area (Å²) in [6.45, 7) is 8.89. The highest BCUT2D eigenvalue weighted by Gasteiger charge is 2.39. The first-order chi connectivity index (χ1) is 6.90. The number of allylic oxidation sites excluding steroid dienone is 1. The van der Waals surface area contributed by atoms with Gasteiger partial charge in [0.2, 0.25) is 0 Å². The summed E-state index contributed by atoms with van der Waals surface area (Å²) in [6.07, 6.45) is 1.61. The van der Waals surface area contributed by atoms with E-state index in [-0.39, 0.29) is 5.41 Å². The zero-order valence-electron chi connectivity index (χ0n) is 10.2. The maximum absolute atomic E-state index is 12.5. The first kappa shape index (κ1) is 12.7. The lowest BCUT2D eigenvalue weighted by molar-refractivity contribution is 0.0708. The van der Waals surface area contributed by atoms with Crippen molar-refractivity contribution in [1.82, 2.24) is 0 Å². The van der Waals surface area contributed by atoms with Crippen LogP contribution in [0.25, 0.3) is 0 Å². The first-order valence-corrected chi connectivity index (χ1v) is 5.93. The van der Waals surface area contributed by atoms with Gasteiger partial charge in [-0.1, -0.05) is 27.7 Å². The van der Waals surface area contributed by atoms with Crippen molar-refractivity contribution in [3.8, 4) is 0 Å². The third-order valence-corrected chi connectivity index (χ3v) is 4.35. The summed E-state index contributed by atoms with van der Waals surface area (Å²) < 4.78 is 24.9. The zero-order valence-corrected chi connectivity index (χ0v) is 10.2. The molecule has 0 aromatic carbocycles. The summed E-state index contributed by atoms with van der Waals surface area (Å²) in [5.41, 5.74) is 0.672. The van der Waals surface area contributed by atoms with Gasteiger partial charge in [0.25, 0.3) is 6.08 Å². The summed E-state index contributed by atoms with van der Waals surface area (Å²) in [4.78, 5) is 0. The molecule has 0 spiro atoms. The fraction of sp³-hybridized carbons (Fsp3) is 0.846. The van der Waals surface area contributed by atoms with Crippen molar-refractivity contribution in [2.24, 2.45) is 17.3 Å². The maximum atomic E-state index is 12.5. The molecular weight excluding hydrogens is 194 g/mol. The Morgan fingerprint density at radius 2 is 1.40 bits per heavy atom. The van der Waals surface area contributed by atoms with Gasteiger partial charge in [-0.25, -0.2) is 0 Å². The molecular formula is C13H22F2. The molecule has 1 rings (SSSR count). The van der Waals surface area contributed by atoms with Crippen LogP contribution in [0.4, 0.5) is 8.78 Å². The Labute approximate surface area is 91.8 Å². The van der Waals surface area contributed by atoms with Gasteiger partial charge in [0.15, 0.2) is 0 Å². The Bertz CT molecular complexity index is 227. The molecule has 1 aliphatic rings. The lowest BCUT2D eigenvalue weighted by Crippen LogP contribution is -2.35. The fourth-order valence-electron chi connectivity index (χ4n) is 3.03. The Morgan fingerprint density at radius 1 is 1.00 bits per heavy atom. The molecule has 0 amide bonds. The van der Waals surface area contributed by atoms with E-state index in [0.717, 1.165) is 12.8 Å². The first-order valence-electron chi connectivity index (χ1n) is 5.93. The number of hydrogen-bond acceptors (Lipinski definition) is 0. The maximum Gasteiger partial charge on any atom is 0.269 e. The second-order valence-corrected chi connectivity index (χ2v) is 5.41. The molecule has 0 aromatic rings. The van der Waals surface area contributed by atoms with Crippen molar-refractivity contribution in [2.75, 3.05) is 0 Å². The van der Waals surface area contributed by atoms with Crippen LogP contribution in [0.15, 0.2) is 11.7 Å². The topological polar surface area (TPSA) is 0 Å². The predicted molar refractivity (Wildman–Crippen MR) is 59.8 cm³/mol. The van der Waals surface area contributed by atoms with Gasteiger partial charge in [-0.05, 0) is 48.5 Å². The second-order valence-electron chi connectivity index (χ2n) is 5.41. The fourth-order valence-corrected chi connectivity index (χ4v) is 3.03. The lowest BCUT2D eigenvalue weighted by Gasteiger charge is -2.45. The molecule has 15 heavy (non-hydrogen) atoms. The third-order valence-electron chi connectivity index (χ3n) is 4.35. The van der Waals surface area contributed by atoms with Gasteiger partial charge in [0.05, 0.1) is 0 Å². The highest BCUT2D eigenvalue weighted by atomic mass is 19.3. The van der Waals surface area contributed by atoms with Crippen LogP contribution >= 0.6 is 0 Å². The molecule has 88 valence electrons. The summed E-state index contributed by atoms with van der Waals surface area (Å²) in [7, 11) is 0. The van der Waals surface area contributed by atoms with Crippen molar-refractivity contribution in [3.63, 3.8) is 0 Å². The van der Waals surface area contributed by atoms with Crippen LogP contribution in [0.3, 0.4) is 0 Å². The van der Waals surface area contributed by atoms with Gasteiger partial charge in [0, 0.05) is 0 Å². The smallest absolute Gasteiger partial charge is 0.173 e. The van der Waals surface area contributed by atoms with Crippen LogP contribution in [-0.2, 0) is 0 Å². The molecule has 0 N–H and O–H groups in total. The molecule has 1 saturated carbocycles. The Balaban J connectivity index is 2.79. The molecule has 1 aliphatic carbocycles. The van der Waals surface area contributed by atoms with Gasteiger partial charge >= 0.3 is 0 Å². The monoisotopic (exact) mass is 216 g/mol. The third kappa shape index (κ3) is 2.40. The molecule has 1 fully saturated rings. The molecule has 0 heterocycles. The molecule has 0 radical (unpaired) electrons. The normalized spacial score (nSPS) is 21.2. The summed E-state index contributed by atoms with van der Waals surface area (Å²) >= 11 is 0. The molecule has 0 saturated heterocycles. The quantitative estimate of drug-likeness (QED) is 0.608. The highest BCUT2D eigenvalue weighted by molar-refractivity contribution is 5.09. The van der Waals surface area contributed by atoms with Crippen LogP contribution in [0.5, 0.6) is 0 Å². The predicted octanol–water partition coefficient (Wildman–Crippen LogP) is 5.01. The van der Waals surface area contributed by atoms with E-state index in [1.54, 1.807) is 0 Å². The van der Waals surface area contributed by atoms with E-state index in [0.29, 0.717) is 30.3 Å². The largest absolute Gasteiger partial charge is 0.269 e. The van der Waals surface area contributed by atoms with Crippen molar-refractivity contribution in [2.45, 2.75) is 53.4 Å². The van der Waals surface area contributed by atoms with Crippen molar-refractivity contribution in [1.29, 1.82) is 0 Å². The molecule has 0 nitrogen and oxygen atoms in total. The SMILES string of the molecule is CC(C)C1(C(C)C)CCC(=C(F)F)CC1. The number of rotatable bonds is 2. The molecule has 0 atom stereocenters. The van der Waals surface area contributed by atoms with E-state index < -0.39 is 6.08 Å². The van der Waals surface area contributed by atoms with Crippen LogP contribution in [-0.4, -0.2) is 0 Å². The highest BCUT2D eigenvalue weighted by Crippen LogP contribution is 2.49. The van der Waals surface area contributed by atoms with Crippen LogP contribution in [0.1, 0.15) is 53.4 Å². The average Bonchev–Trinajstić information content (AvgIpc) is 2.17. The number of hydrogen-bond donors (Lipinski definition) is 0. The van der Waals surface area contributed by atoms with Gasteiger partial charge in [-0.2, -0.15) is 8.78 Å².